The molecule has 0 unspecified atom stereocenters. The predicted molar refractivity (Wildman–Crippen MR) is 68.6 cm³/mol. The number of halogens is 1. The van der Waals surface area contributed by atoms with Crippen molar-refractivity contribution in [3.63, 3.8) is 0 Å². The maximum absolute atomic E-state index is 10.3. The van der Waals surface area contributed by atoms with Crippen LogP contribution in [0.1, 0.15) is 25.7 Å². The number of ether oxygens (including phenoxy) is 1. The van der Waals surface area contributed by atoms with Gasteiger partial charge in [-0.25, -0.2) is 0 Å². The lowest BCUT2D eigenvalue weighted by molar-refractivity contribution is -0.152. The van der Waals surface area contributed by atoms with Crippen molar-refractivity contribution in [2.45, 2.75) is 25.7 Å². The van der Waals surface area contributed by atoms with E-state index < -0.39 is 17.9 Å². The van der Waals surface area contributed by atoms with Crippen LogP contribution in [0.4, 0.5) is 0 Å². The molecule has 9 heteroatoms. The van der Waals surface area contributed by atoms with Crippen molar-refractivity contribution in [3.8, 4) is 0 Å². The maximum atomic E-state index is 10.3. The molecular weight excluding hydrogens is 280 g/mol. The number of carbonyl (C=O) groups is 4. The number of esters is 2. The van der Waals surface area contributed by atoms with E-state index in [-0.39, 0.29) is 44.0 Å². The minimum atomic E-state index is -0.946. The Hall–Kier alpha value is -1.67. The monoisotopic (exact) mass is 298 g/mol. The first-order valence-corrected chi connectivity index (χ1v) is 5.19. The second-order valence-electron chi connectivity index (χ2n) is 2.91. The summed E-state index contributed by atoms with van der Waals surface area (Å²) in [5.74, 6) is -1.98. The number of cyclic esters (lactones) is 2. The molecule has 0 aromatic heterocycles. The first-order chi connectivity index (χ1) is 8.45. The topological polar surface area (TPSA) is 136 Å². The molecule has 1 amide bonds. The second-order valence-corrected chi connectivity index (χ2v) is 2.91. The summed E-state index contributed by atoms with van der Waals surface area (Å²) in [7, 11) is 2.98. The van der Waals surface area contributed by atoms with E-state index >= 15 is 0 Å². The minimum Gasteiger partial charge on any atom is -0.481 e. The lowest BCUT2D eigenvalue weighted by atomic mass is 10.3. The number of hydrogen-bond donors (Lipinski definition) is 3. The van der Waals surface area contributed by atoms with Crippen LogP contribution in [-0.2, 0) is 23.9 Å². The Morgan fingerprint density at radius 1 is 1.21 bits per heavy atom. The van der Waals surface area contributed by atoms with E-state index in [1.807, 2.05) is 0 Å². The number of hydrogen-bond acceptors (Lipinski definition) is 6. The zero-order valence-electron chi connectivity index (χ0n) is 10.8. The third-order valence-corrected chi connectivity index (χ3v) is 1.61. The van der Waals surface area contributed by atoms with E-state index in [1.165, 1.54) is 14.1 Å². The molecule has 4 N–H and O–H groups in total. The van der Waals surface area contributed by atoms with Crippen LogP contribution in [0.15, 0.2) is 0 Å². The van der Waals surface area contributed by atoms with Gasteiger partial charge in [0.2, 0.25) is 5.91 Å². The summed E-state index contributed by atoms with van der Waals surface area (Å²) >= 11 is 0. The third kappa shape index (κ3) is 16.3. The van der Waals surface area contributed by atoms with Crippen molar-refractivity contribution in [1.29, 1.82) is 0 Å². The van der Waals surface area contributed by atoms with E-state index in [0.717, 1.165) is 0 Å². The van der Waals surface area contributed by atoms with Gasteiger partial charge in [-0.2, -0.15) is 0 Å². The SMILES string of the molecule is CN.CNC(=O)CCC(=O)O.Cl.O=C1CCC(=O)O1. The molecule has 0 spiro atoms. The summed E-state index contributed by atoms with van der Waals surface area (Å²) in [5, 5.41) is 10.4. The summed E-state index contributed by atoms with van der Waals surface area (Å²) in [6.45, 7) is 0. The van der Waals surface area contributed by atoms with E-state index in [9.17, 15) is 19.2 Å². The Balaban J connectivity index is -0.000000231. The fourth-order valence-corrected chi connectivity index (χ4v) is 0.779. The van der Waals surface area contributed by atoms with Crippen LogP contribution in [0.2, 0.25) is 0 Å². The molecule has 19 heavy (non-hydrogen) atoms. The van der Waals surface area contributed by atoms with Gasteiger partial charge in [0.05, 0.1) is 19.3 Å². The summed E-state index contributed by atoms with van der Waals surface area (Å²) in [4.78, 5) is 40.2. The van der Waals surface area contributed by atoms with Crippen LogP contribution >= 0.6 is 12.4 Å². The number of amides is 1. The molecule has 0 saturated carbocycles. The number of carbonyl (C=O) groups excluding carboxylic acids is 3. The first kappa shape index (κ1) is 22.5. The van der Waals surface area contributed by atoms with Crippen molar-refractivity contribution in [2.24, 2.45) is 5.73 Å². The summed E-state index contributed by atoms with van der Waals surface area (Å²) in [6.07, 6.45) is 0.489. The standard InChI is InChI=1S/C5H9NO3.C4H4O3.CH5N.ClH/c1-6-4(7)2-3-5(8)9;5-3-1-2-4(6)7-3;1-2;/h2-3H2,1H3,(H,6,7)(H,8,9);1-2H2;2H2,1H3;1H. The van der Waals surface area contributed by atoms with Gasteiger partial charge in [0.15, 0.2) is 0 Å². The van der Waals surface area contributed by atoms with Crippen LogP contribution < -0.4 is 11.1 Å². The molecule has 1 fully saturated rings. The van der Waals surface area contributed by atoms with Crippen LogP contribution in [0.3, 0.4) is 0 Å². The average Bonchev–Trinajstić information content (AvgIpc) is 2.73. The smallest absolute Gasteiger partial charge is 0.314 e. The maximum Gasteiger partial charge on any atom is 0.314 e. The van der Waals surface area contributed by atoms with E-state index in [1.54, 1.807) is 0 Å². The van der Waals surface area contributed by atoms with Crippen molar-refractivity contribution >= 4 is 36.2 Å². The molecule has 0 aromatic carbocycles. The van der Waals surface area contributed by atoms with Gasteiger partial charge in [-0.05, 0) is 7.05 Å². The molecule has 0 atom stereocenters. The molecule has 0 radical (unpaired) electrons. The Kier molecular flexibility index (Phi) is 17.0. The van der Waals surface area contributed by atoms with Crippen LogP contribution in [0.5, 0.6) is 0 Å². The van der Waals surface area contributed by atoms with Crippen molar-refractivity contribution in [1.82, 2.24) is 5.32 Å². The van der Waals surface area contributed by atoms with Gasteiger partial charge in [0.1, 0.15) is 0 Å². The number of nitrogens with two attached hydrogens (primary N) is 1. The highest BCUT2D eigenvalue weighted by molar-refractivity contribution is 5.92. The van der Waals surface area contributed by atoms with E-state index in [4.69, 9.17) is 5.11 Å². The number of carboxylic acid groups (broad SMARTS) is 1. The zero-order chi connectivity index (χ0) is 14.6. The largest absolute Gasteiger partial charge is 0.481 e. The summed E-state index contributed by atoms with van der Waals surface area (Å²) < 4.78 is 4.08. The molecule has 1 rings (SSSR count). The molecule has 112 valence electrons. The van der Waals surface area contributed by atoms with Crippen LogP contribution in [-0.4, -0.2) is 43.0 Å². The fraction of sp³-hybridized carbons (Fsp3) is 0.600. The number of aliphatic carboxylic acids is 1. The molecule has 1 saturated heterocycles. The number of nitrogens with one attached hydrogen (secondary N) is 1. The number of rotatable bonds is 3. The Bertz CT molecular complexity index is 294. The highest BCUT2D eigenvalue weighted by Crippen LogP contribution is 2.03. The minimum absolute atomic E-state index is 0. The van der Waals surface area contributed by atoms with Gasteiger partial charge in [-0.1, -0.05) is 0 Å². The van der Waals surface area contributed by atoms with Crippen molar-refractivity contribution in [2.75, 3.05) is 14.1 Å². The highest BCUT2D eigenvalue weighted by atomic mass is 35.5. The van der Waals surface area contributed by atoms with Crippen LogP contribution in [0.25, 0.3) is 0 Å². The predicted octanol–water partition coefficient (Wildman–Crippen LogP) is -0.556. The zero-order valence-corrected chi connectivity index (χ0v) is 11.6. The molecule has 0 bridgehead atoms. The second kappa shape index (κ2) is 14.4. The van der Waals surface area contributed by atoms with Crippen molar-refractivity contribution < 1.29 is 29.0 Å². The normalized spacial score (nSPS) is 11.7. The average molecular weight is 299 g/mol. The summed E-state index contributed by atoms with van der Waals surface area (Å²) in [5.41, 5.74) is 4.50. The number of carboxylic acids is 1. The van der Waals surface area contributed by atoms with Crippen LogP contribution in [0, 0.1) is 0 Å². The van der Waals surface area contributed by atoms with Crippen molar-refractivity contribution in [3.05, 3.63) is 0 Å². The van der Waals surface area contributed by atoms with Gasteiger partial charge < -0.3 is 20.9 Å². The van der Waals surface area contributed by atoms with Gasteiger partial charge >= 0.3 is 17.9 Å². The Labute approximate surface area is 117 Å². The van der Waals surface area contributed by atoms with E-state index in [0.29, 0.717) is 0 Å². The molecule has 1 aliphatic rings. The Morgan fingerprint density at radius 2 is 1.63 bits per heavy atom. The van der Waals surface area contributed by atoms with E-state index in [2.05, 4.69) is 15.8 Å². The highest BCUT2D eigenvalue weighted by Gasteiger charge is 2.19. The molecule has 1 heterocycles. The van der Waals surface area contributed by atoms with Gasteiger partial charge in [-0.15, -0.1) is 12.4 Å². The molecule has 1 aliphatic heterocycles. The third-order valence-electron chi connectivity index (χ3n) is 1.61. The van der Waals surface area contributed by atoms with Gasteiger partial charge in [0, 0.05) is 13.5 Å². The first-order valence-electron chi connectivity index (χ1n) is 5.19. The quantitative estimate of drug-likeness (QED) is 0.469. The lowest BCUT2D eigenvalue weighted by Gasteiger charge is -1.93. The molecular formula is C10H19ClN2O6. The molecule has 0 aliphatic carbocycles. The Morgan fingerprint density at radius 3 is 1.84 bits per heavy atom. The van der Waals surface area contributed by atoms with Gasteiger partial charge in [0.25, 0.3) is 0 Å². The molecule has 8 nitrogen and oxygen atoms in total. The summed E-state index contributed by atoms with van der Waals surface area (Å²) in [6, 6.07) is 0. The van der Waals surface area contributed by atoms with Gasteiger partial charge in [-0.3, -0.25) is 19.2 Å². The fourth-order valence-electron chi connectivity index (χ4n) is 0.779. The molecule has 0 aromatic rings. The lowest BCUT2D eigenvalue weighted by Crippen LogP contribution is -2.18.